The van der Waals surface area contributed by atoms with Gasteiger partial charge in [-0.25, -0.2) is 4.79 Å². The van der Waals surface area contributed by atoms with Crippen LogP contribution in [0.4, 0.5) is 23.7 Å². The van der Waals surface area contributed by atoms with E-state index in [1.165, 1.54) is 37.3 Å². The summed E-state index contributed by atoms with van der Waals surface area (Å²) in [5.74, 6) is 0.136. The molecule has 5 nitrogen and oxygen atoms in total. The van der Waals surface area contributed by atoms with Crippen LogP contribution in [0, 0.1) is 0 Å². The Morgan fingerprint density at radius 1 is 1.08 bits per heavy atom. The number of nitrogens with zero attached hydrogens (tertiary/aromatic N) is 1. The van der Waals surface area contributed by atoms with E-state index in [-0.39, 0.29) is 17.9 Å². The van der Waals surface area contributed by atoms with Crippen LogP contribution in [0.2, 0.25) is 0 Å². The fraction of sp³-hybridized carbons (Fsp3) is 0.235. The third-order valence-corrected chi connectivity index (χ3v) is 3.30. The first-order valence-electron chi connectivity index (χ1n) is 7.29. The third-order valence-electron chi connectivity index (χ3n) is 3.30. The number of rotatable bonds is 5. The van der Waals surface area contributed by atoms with E-state index < -0.39 is 12.4 Å². The molecule has 0 aliphatic heterocycles. The number of ether oxygens (including phenoxy) is 2. The third kappa shape index (κ3) is 5.30. The van der Waals surface area contributed by atoms with Crippen LogP contribution in [0.25, 0.3) is 0 Å². The number of amides is 2. The summed E-state index contributed by atoms with van der Waals surface area (Å²) in [7, 11) is 2.94. The Bertz CT molecular complexity index is 735. The molecule has 0 bridgehead atoms. The van der Waals surface area contributed by atoms with Crippen LogP contribution in [-0.2, 0) is 6.54 Å². The molecule has 2 amide bonds. The first-order chi connectivity index (χ1) is 11.8. The van der Waals surface area contributed by atoms with E-state index in [1.807, 2.05) is 0 Å². The summed E-state index contributed by atoms with van der Waals surface area (Å²) in [5.41, 5.74) is 0.694. The molecule has 8 heteroatoms. The minimum atomic E-state index is -4.80. The van der Waals surface area contributed by atoms with Gasteiger partial charge in [0, 0.05) is 12.6 Å². The van der Waals surface area contributed by atoms with Gasteiger partial charge in [-0.1, -0.05) is 30.3 Å². The Kier molecular flexibility index (Phi) is 5.74. The largest absolute Gasteiger partial charge is 0.573 e. The number of alkyl halides is 3. The summed E-state index contributed by atoms with van der Waals surface area (Å²) in [5, 5.41) is 2.65. The standard InChI is InChI=1S/C17H17F3N2O3/c1-22(16(23)21-13-8-4-6-10-15(13)24-2)11-12-7-3-5-9-14(12)25-17(18,19)20/h3-10H,11H2,1-2H3,(H,21,23). The van der Waals surface area contributed by atoms with Gasteiger partial charge in [0.15, 0.2) is 0 Å². The summed E-state index contributed by atoms with van der Waals surface area (Å²) in [6.45, 7) is -0.0623. The van der Waals surface area contributed by atoms with Gasteiger partial charge < -0.3 is 19.7 Å². The summed E-state index contributed by atoms with van der Waals surface area (Å²) < 4.78 is 46.5. The number of benzene rings is 2. The van der Waals surface area contributed by atoms with Gasteiger partial charge in [-0.15, -0.1) is 13.2 Å². The van der Waals surface area contributed by atoms with Gasteiger partial charge in [0.05, 0.1) is 19.3 Å². The molecule has 25 heavy (non-hydrogen) atoms. The van der Waals surface area contributed by atoms with E-state index in [9.17, 15) is 18.0 Å². The van der Waals surface area contributed by atoms with Crippen molar-refractivity contribution in [1.29, 1.82) is 0 Å². The zero-order chi connectivity index (χ0) is 18.4. The molecule has 0 aromatic heterocycles. The van der Waals surface area contributed by atoms with Crippen molar-refractivity contribution in [2.24, 2.45) is 0 Å². The maximum Gasteiger partial charge on any atom is 0.573 e. The van der Waals surface area contributed by atoms with Crippen LogP contribution in [0.15, 0.2) is 48.5 Å². The monoisotopic (exact) mass is 354 g/mol. The Balaban J connectivity index is 2.09. The highest BCUT2D eigenvalue weighted by Crippen LogP contribution is 2.27. The average Bonchev–Trinajstić information content (AvgIpc) is 2.55. The minimum Gasteiger partial charge on any atom is -0.495 e. The van der Waals surface area contributed by atoms with Crippen molar-refractivity contribution in [3.63, 3.8) is 0 Å². The van der Waals surface area contributed by atoms with Crippen LogP contribution in [-0.4, -0.2) is 31.5 Å². The molecule has 0 radical (unpaired) electrons. The zero-order valence-electron chi connectivity index (χ0n) is 13.6. The van der Waals surface area contributed by atoms with Gasteiger partial charge in [-0.2, -0.15) is 0 Å². The quantitative estimate of drug-likeness (QED) is 0.873. The zero-order valence-corrected chi connectivity index (χ0v) is 13.6. The van der Waals surface area contributed by atoms with Gasteiger partial charge in [0.25, 0.3) is 0 Å². The normalized spacial score (nSPS) is 10.9. The predicted molar refractivity (Wildman–Crippen MR) is 86.6 cm³/mol. The summed E-state index contributed by atoms with van der Waals surface area (Å²) >= 11 is 0. The molecule has 2 aromatic carbocycles. The van der Waals surface area contributed by atoms with Crippen LogP contribution >= 0.6 is 0 Å². The van der Waals surface area contributed by atoms with Crippen molar-refractivity contribution in [1.82, 2.24) is 4.90 Å². The number of nitrogens with one attached hydrogen (secondary N) is 1. The highest BCUT2D eigenvalue weighted by atomic mass is 19.4. The fourth-order valence-corrected chi connectivity index (χ4v) is 2.14. The van der Waals surface area contributed by atoms with Crippen molar-refractivity contribution >= 4 is 11.7 Å². The SMILES string of the molecule is COc1ccccc1NC(=O)N(C)Cc1ccccc1OC(F)(F)F. The van der Waals surface area contributed by atoms with Gasteiger partial charge >= 0.3 is 12.4 Å². The number of carbonyl (C=O) groups excluding carboxylic acids is 1. The lowest BCUT2D eigenvalue weighted by Gasteiger charge is -2.21. The fourth-order valence-electron chi connectivity index (χ4n) is 2.14. The minimum absolute atomic E-state index is 0.0623. The number of anilines is 1. The lowest BCUT2D eigenvalue weighted by molar-refractivity contribution is -0.274. The topological polar surface area (TPSA) is 50.8 Å². The Morgan fingerprint density at radius 3 is 2.32 bits per heavy atom. The molecule has 0 saturated carbocycles. The van der Waals surface area contributed by atoms with Crippen molar-refractivity contribution in [2.75, 3.05) is 19.5 Å². The number of hydrogen-bond acceptors (Lipinski definition) is 3. The van der Waals surface area contributed by atoms with Crippen LogP contribution in [0.3, 0.4) is 0 Å². The number of para-hydroxylation sites is 3. The molecule has 0 aliphatic rings. The predicted octanol–water partition coefficient (Wildman–Crippen LogP) is 4.26. The molecule has 0 aliphatic carbocycles. The number of methoxy groups -OCH3 is 1. The van der Waals surface area contributed by atoms with E-state index in [1.54, 1.807) is 30.3 Å². The molecule has 0 atom stereocenters. The summed E-state index contributed by atoms with van der Waals surface area (Å²) in [6, 6.07) is 12.0. The molecule has 2 aromatic rings. The van der Waals surface area contributed by atoms with Crippen molar-refractivity contribution < 1.29 is 27.4 Å². The number of halogens is 3. The van der Waals surface area contributed by atoms with E-state index in [0.29, 0.717) is 11.4 Å². The second kappa shape index (κ2) is 7.78. The molecule has 1 N–H and O–H groups in total. The lowest BCUT2D eigenvalue weighted by Crippen LogP contribution is -2.31. The van der Waals surface area contributed by atoms with Gasteiger partial charge in [0.1, 0.15) is 11.5 Å². The summed E-state index contributed by atoms with van der Waals surface area (Å²) in [6.07, 6.45) is -4.80. The molecule has 0 fully saturated rings. The first-order valence-corrected chi connectivity index (χ1v) is 7.29. The van der Waals surface area contributed by atoms with Gasteiger partial charge in [-0.05, 0) is 18.2 Å². The van der Waals surface area contributed by atoms with E-state index in [2.05, 4.69) is 10.1 Å². The van der Waals surface area contributed by atoms with Gasteiger partial charge in [-0.3, -0.25) is 0 Å². The second-order valence-corrected chi connectivity index (χ2v) is 5.14. The Labute approximate surface area is 143 Å². The molecular formula is C17H17F3N2O3. The van der Waals surface area contributed by atoms with Crippen LogP contribution in [0.5, 0.6) is 11.5 Å². The maximum absolute atomic E-state index is 12.5. The first kappa shape index (κ1) is 18.4. The number of hydrogen-bond donors (Lipinski definition) is 1. The molecule has 0 heterocycles. The van der Waals surface area contributed by atoms with E-state index >= 15 is 0 Å². The lowest BCUT2D eigenvalue weighted by atomic mass is 10.2. The van der Waals surface area contributed by atoms with Gasteiger partial charge in [0.2, 0.25) is 0 Å². The number of urea groups is 1. The summed E-state index contributed by atoms with van der Waals surface area (Å²) in [4.78, 5) is 13.5. The molecule has 0 unspecified atom stereocenters. The average molecular weight is 354 g/mol. The maximum atomic E-state index is 12.5. The molecular weight excluding hydrogens is 337 g/mol. The molecule has 134 valence electrons. The van der Waals surface area contributed by atoms with Crippen molar-refractivity contribution in [2.45, 2.75) is 12.9 Å². The highest BCUT2D eigenvalue weighted by Gasteiger charge is 2.32. The highest BCUT2D eigenvalue weighted by molar-refractivity contribution is 5.90. The molecule has 0 saturated heterocycles. The smallest absolute Gasteiger partial charge is 0.495 e. The number of carbonyl (C=O) groups is 1. The molecule has 0 spiro atoms. The van der Waals surface area contributed by atoms with E-state index in [0.717, 1.165) is 0 Å². The Hall–Kier alpha value is -2.90. The van der Waals surface area contributed by atoms with E-state index in [4.69, 9.17) is 4.74 Å². The van der Waals surface area contributed by atoms with Crippen molar-refractivity contribution in [3.05, 3.63) is 54.1 Å². The van der Waals surface area contributed by atoms with Crippen molar-refractivity contribution in [3.8, 4) is 11.5 Å². The second-order valence-electron chi connectivity index (χ2n) is 5.14. The molecule has 2 rings (SSSR count). The van der Waals surface area contributed by atoms with Crippen LogP contribution in [0.1, 0.15) is 5.56 Å². The van der Waals surface area contributed by atoms with Crippen LogP contribution < -0.4 is 14.8 Å². The Morgan fingerprint density at radius 2 is 1.68 bits per heavy atom.